The average Bonchev–Trinajstić information content (AvgIpc) is 3.23. The third-order valence-corrected chi connectivity index (χ3v) is 8.46. The van der Waals surface area contributed by atoms with Gasteiger partial charge in [0.1, 0.15) is 4.75 Å². The third-order valence-electron chi connectivity index (χ3n) is 5.99. The molecule has 1 aliphatic heterocycles. The van der Waals surface area contributed by atoms with Gasteiger partial charge in [-0.2, -0.15) is 39.5 Å². The third kappa shape index (κ3) is 4.30. The average molecular weight is 551 g/mol. The molecule has 1 amide bonds. The van der Waals surface area contributed by atoms with Gasteiger partial charge in [0.15, 0.2) is 9.84 Å². The van der Waals surface area contributed by atoms with Crippen LogP contribution in [0.1, 0.15) is 23.1 Å². The monoisotopic (exact) mass is 551 g/mol. The Morgan fingerprint density at radius 2 is 1.36 bits per heavy atom. The van der Waals surface area contributed by atoms with Crippen molar-refractivity contribution in [2.75, 3.05) is 13.1 Å². The number of hydrogen-bond donors (Lipinski definition) is 0. The molecule has 0 aromatic heterocycles. The maximum absolute atomic E-state index is 14.4. The van der Waals surface area contributed by atoms with Gasteiger partial charge < -0.3 is 4.90 Å². The topological polar surface area (TPSA) is 54.5 Å². The number of carbonyl (C=O) groups is 1. The molecule has 2 aromatic carbocycles. The zero-order valence-corrected chi connectivity index (χ0v) is 18.5. The molecule has 0 bridgehead atoms. The molecule has 0 spiro atoms. The van der Waals surface area contributed by atoms with Crippen molar-refractivity contribution in [3.8, 4) is 0 Å². The molecule has 0 saturated carbocycles. The zero-order chi connectivity index (χ0) is 27.4. The van der Waals surface area contributed by atoms with Crippen LogP contribution in [-0.4, -0.2) is 45.2 Å². The summed E-state index contributed by atoms with van der Waals surface area (Å²) in [7, 11) is -4.82. The number of amides is 1. The van der Waals surface area contributed by atoms with Gasteiger partial charge in [0.2, 0.25) is 6.41 Å². The first-order valence-corrected chi connectivity index (χ1v) is 11.3. The lowest BCUT2D eigenvalue weighted by molar-refractivity contribution is -0.348. The number of halogens is 10. The number of carbonyl (C=O) groups excluding carboxylic acids is 1. The maximum Gasteiger partial charge on any atom is 0.435 e. The zero-order valence-electron chi connectivity index (χ0n) is 17.7. The van der Waals surface area contributed by atoms with E-state index in [1.807, 2.05) is 0 Å². The first-order valence-electron chi connectivity index (χ1n) is 9.86. The van der Waals surface area contributed by atoms with Crippen LogP contribution in [0, 0.1) is 0 Å². The van der Waals surface area contributed by atoms with E-state index in [4.69, 9.17) is 0 Å². The molecular weight excluding hydrogens is 536 g/mol. The van der Waals surface area contributed by atoms with Crippen LogP contribution in [0.25, 0.3) is 0 Å². The number of rotatable bonds is 5. The SMILES string of the molecule is O=CN1CCC(c2ccc(C(F)(C(F)(F)F)C(F)(F)F)cc2)(S(=O)(=O)c2cccc(C(F)(F)F)c2)C1. The first-order chi connectivity index (χ1) is 16.3. The van der Waals surface area contributed by atoms with Crippen LogP contribution in [0.15, 0.2) is 53.4 Å². The molecule has 15 heteroatoms. The Kier molecular flexibility index (Phi) is 6.65. The van der Waals surface area contributed by atoms with Crippen molar-refractivity contribution in [2.24, 2.45) is 0 Å². The molecule has 2 aromatic rings. The van der Waals surface area contributed by atoms with Gasteiger partial charge in [-0.1, -0.05) is 30.3 Å². The number of likely N-dealkylation sites (tertiary alicyclic amines) is 1. The molecular formula is C21H15F10NO3S. The highest BCUT2D eigenvalue weighted by atomic mass is 32.2. The Labute approximate surface area is 197 Å². The van der Waals surface area contributed by atoms with Crippen LogP contribution < -0.4 is 0 Å². The quantitative estimate of drug-likeness (QED) is 0.363. The summed E-state index contributed by atoms with van der Waals surface area (Å²) in [5.41, 5.74) is -9.39. The van der Waals surface area contributed by atoms with E-state index in [0.29, 0.717) is 24.3 Å². The van der Waals surface area contributed by atoms with Crippen molar-refractivity contribution in [3.05, 3.63) is 65.2 Å². The van der Waals surface area contributed by atoms with Gasteiger partial charge >= 0.3 is 24.2 Å². The molecule has 198 valence electrons. The molecule has 1 saturated heterocycles. The summed E-state index contributed by atoms with van der Waals surface area (Å²) in [5, 5.41) is 0. The maximum atomic E-state index is 14.4. The smallest absolute Gasteiger partial charge is 0.343 e. The van der Waals surface area contributed by atoms with Gasteiger partial charge in [-0.05, 0) is 30.2 Å². The molecule has 1 atom stereocenters. The molecule has 3 rings (SSSR count). The van der Waals surface area contributed by atoms with E-state index in [2.05, 4.69) is 0 Å². The molecule has 1 unspecified atom stereocenters. The Balaban J connectivity index is 2.19. The van der Waals surface area contributed by atoms with Gasteiger partial charge in [0.05, 0.1) is 10.5 Å². The van der Waals surface area contributed by atoms with Crippen molar-refractivity contribution < 1.29 is 57.1 Å². The first kappa shape index (κ1) is 27.7. The van der Waals surface area contributed by atoms with E-state index in [-0.39, 0.29) is 25.1 Å². The standard InChI is InChI=1S/C21H15F10NO3S/c22-18(20(26,27)28,21(29,30)31)14-6-4-13(5-7-14)17(8-9-32(11-17)12-33)36(34,35)16-3-1-2-15(10-16)19(23,24)25/h1-7,10,12H,8-9,11H2. The summed E-state index contributed by atoms with van der Waals surface area (Å²) in [6, 6.07) is 3.86. The lowest BCUT2D eigenvalue weighted by Gasteiger charge is -2.32. The summed E-state index contributed by atoms with van der Waals surface area (Å²) in [6.07, 6.45) is -17.9. The fraction of sp³-hybridized carbons (Fsp3) is 0.381. The van der Waals surface area contributed by atoms with E-state index in [1.54, 1.807) is 0 Å². The number of hydrogen-bond acceptors (Lipinski definition) is 3. The van der Waals surface area contributed by atoms with Gasteiger partial charge in [-0.25, -0.2) is 12.8 Å². The molecule has 36 heavy (non-hydrogen) atoms. The minimum atomic E-state index is -6.41. The van der Waals surface area contributed by atoms with E-state index < -0.39 is 73.3 Å². The van der Waals surface area contributed by atoms with Crippen molar-refractivity contribution in [2.45, 2.75) is 40.3 Å². The Morgan fingerprint density at radius 3 is 1.81 bits per heavy atom. The predicted octanol–water partition coefficient (Wildman–Crippen LogP) is 5.53. The van der Waals surface area contributed by atoms with E-state index in [9.17, 15) is 57.1 Å². The second-order valence-electron chi connectivity index (χ2n) is 8.08. The van der Waals surface area contributed by atoms with Gasteiger partial charge in [0.25, 0.3) is 0 Å². The molecule has 1 aliphatic rings. The van der Waals surface area contributed by atoms with Gasteiger partial charge in [-0.15, -0.1) is 0 Å². The Morgan fingerprint density at radius 1 is 0.806 bits per heavy atom. The van der Waals surface area contributed by atoms with Crippen LogP contribution in [0.2, 0.25) is 0 Å². The lowest BCUT2D eigenvalue weighted by Crippen LogP contribution is -2.50. The van der Waals surface area contributed by atoms with Crippen LogP contribution in [0.5, 0.6) is 0 Å². The highest BCUT2D eigenvalue weighted by Crippen LogP contribution is 2.53. The molecule has 0 N–H and O–H groups in total. The Hall–Kier alpha value is -2.84. The number of nitrogens with zero attached hydrogens (tertiary/aromatic N) is 1. The number of alkyl halides is 10. The van der Waals surface area contributed by atoms with Crippen molar-refractivity contribution >= 4 is 16.2 Å². The summed E-state index contributed by atoms with van der Waals surface area (Å²) in [4.78, 5) is 11.4. The van der Waals surface area contributed by atoms with E-state index in [0.717, 1.165) is 17.0 Å². The number of benzene rings is 2. The minimum absolute atomic E-state index is 0.114. The minimum Gasteiger partial charge on any atom is -0.343 e. The normalized spacial score (nSPS) is 20.0. The molecule has 4 nitrogen and oxygen atoms in total. The van der Waals surface area contributed by atoms with Gasteiger partial charge in [-0.3, -0.25) is 4.79 Å². The van der Waals surface area contributed by atoms with Crippen LogP contribution in [0.4, 0.5) is 43.9 Å². The largest absolute Gasteiger partial charge is 0.435 e. The highest BCUT2D eigenvalue weighted by Gasteiger charge is 2.73. The molecule has 0 radical (unpaired) electrons. The lowest BCUT2D eigenvalue weighted by atomic mass is 9.90. The predicted molar refractivity (Wildman–Crippen MR) is 104 cm³/mol. The summed E-state index contributed by atoms with van der Waals surface area (Å²) < 4.78 is 157. The number of sulfone groups is 1. The molecule has 1 fully saturated rings. The Bertz CT molecular complexity index is 1220. The van der Waals surface area contributed by atoms with Crippen molar-refractivity contribution in [3.63, 3.8) is 0 Å². The van der Waals surface area contributed by atoms with Crippen LogP contribution in [-0.2, 0) is 31.2 Å². The molecule has 1 heterocycles. The second kappa shape index (κ2) is 8.63. The summed E-state index contributed by atoms with van der Waals surface area (Å²) in [5.74, 6) is 0. The summed E-state index contributed by atoms with van der Waals surface area (Å²) >= 11 is 0. The van der Waals surface area contributed by atoms with Gasteiger partial charge in [0, 0.05) is 18.7 Å². The van der Waals surface area contributed by atoms with E-state index in [1.165, 1.54) is 0 Å². The van der Waals surface area contributed by atoms with E-state index >= 15 is 0 Å². The van der Waals surface area contributed by atoms with Crippen LogP contribution in [0.3, 0.4) is 0 Å². The summed E-state index contributed by atoms with van der Waals surface area (Å²) in [6.45, 7) is -0.894. The second-order valence-corrected chi connectivity index (χ2v) is 10.3. The van der Waals surface area contributed by atoms with Crippen LogP contribution >= 0.6 is 0 Å². The molecule has 0 aliphatic carbocycles. The van der Waals surface area contributed by atoms with Crippen molar-refractivity contribution in [1.29, 1.82) is 0 Å². The fourth-order valence-corrected chi connectivity index (χ4v) is 6.20. The van der Waals surface area contributed by atoms with Crippen molar-refractivity contribution in [1.82, 2.24) is 4.90 Å². The fourth-order valence-electron chi connectivity index (χ4n) is 4.07. The highest BCUT2D eigenvalue weighted by molar-refractivity contribution is 7.92.